The Bertz CT molecular complexity index is 647. The third kappa shape index (κ3) is 2.88. The smallest absolute Gasteiger partial charge is 0.195 e. The first-order valence-corrected chi connectivity index (χ1v) is 7.82. The minimum atomic E-state index is -3.58. The highest BCUT2D eigenvalue weighted by molar-refractivity contribution is 7.90. The molecule has 0 saturated carbocycles. The van der Waals surface area contributed by atoms with Crippen LogP contribution in [0.3, 0.4) is 0 Å². The molecule has 1 fully saturated rings. The molecule has 0 bridgehead atoms. The van der Waals surface area contributed by atoms with E-state index in [4.69, 9.17) is 0 Å². The Balaban J connectivity index is 2.33. The number of rotatable bonds is 3. The number of aliphatic hydroxyl groups excluding tert-OH is 1. The van der Waals surface area contributed by atoms with Gasteiger partial charge >= 0.3 is 0 Å². The topological polar surface area (TPSA) is 86.7 Å². The average molecular weight is 302 g/mol. The molecule has 110 valence electrons. The van der Waals surface area contributed by atoms with Crippen molar-refractivity contribution < 1.29 is 22.7 Å². The molecule has 2 unspecified atom stereocenters. The molecule has 0 radical (unpaired) electrons. The summed E-state index contributed by atoms with van der Waals surface area (Å²) in [6.07, 6.45) is -0.307. The summed E-state index contributed by atoms with van der Waals surface area (Å²) < 4.78 is 36.5. The van der Waals surface area contributed by atoms with Crippen molar-refractivity contribution in [3.05, 3.63) is 29.6 Å². The van der Waals surface area contributed by atoms with Gasteiger partial charge in [0.1, 0.15) is 5.82 Å². The monoisotopic (exact) mass is 302 g/mol. The van der Waals surface area contributed by atoms with Gasteiger partial charge in [0.25, 0.3) is 0 Å². The van der Waals surface area contributed by atoms with Gasteiger partial charge in [0.2, 0.25) is 0 Å². The Morgan fingerprint density at radius 1 is 1.45 bits per heavy atom. The molecule has 1 heterocycles. The van der Waals surface area contributed by atoms with Crippen molar-refractivity contribution in [1.29, 1.82) is 0 Å². The minimum Gasteiger partial charge on any atom is -0.370 e. The number of hydrazine groups is 1. The van der Waals surface area contributed by atoms with Gasteiger partial charge in [-0.15, -0.1) is 0 Å². The highest BCUT2D eigenvalue weighted by Crippen LogP contribution is 2.21. The summed E-state index contributed by atoms with van der Waals surface area (Å²) in [5, 5.41) is 10.8. The summed E-state index contributed by atoms with van der Waals surface area (Å²) in [6, 6.07) is 2.87. The van der Waals surface area contributed by atoms with Crippen molar-refractivity contribution in [2.45, 2.75) is 30.6 Å². The fraction of sp³-hybridized carbons (Fsp3) is 0.417. The highest BCUT2D eigenvalue weighted by Gasteiger charge is 2.36. The van der Waals surface area contributed by atoms with E-state index in [2.05, 4.69) is 5.43 Å². The van der Waals surface area contributed by atoms with Gasteiger partial charge in [0.15, 0.2) is 21.8 Å². The van der Waals surface area contributed by atoms with Crippen LogP contribution in [-0.2, 0) is 21.2 Å². The van der Waals surface area contributed by atoms with E-state index in [9.17, 15) is 22.7 Å². The number of nitrogens with zero attached hydrogens (tertiary/aromatic N) is 1. The van der Waals surface area contributed by atoms with Crippen LogP contribution in [-0.4, -0.2) is 42.8 Å². The van der Waals surface area contributed by atoms with Gasteiger partial charge in [-0.25, -0.2) is 23.2 Å². The molecule has 1 aromatic rings. The molecule has 0 spiro atoms. The Kier molecular flexibility index (Phi) is 3.92. The number of hydrogen-bond acceptors (Lipinski definition) is 6. The maximum Gasteiger partial charge on any atom is 0.195 e. The molecule has 20 heavy (non-hydrogen) atoms. The molecule has 1 aromatic carbocycles. The van der Waals surface area contributed by atoms with Gasteiger partial charge in [-0.3, -0.25) is 4.79 Å². The summed E-state index contributed by atoms with van der Waals surface area (Å²) >= 11 is 0. The lowest BCUT2D eigenvalue weighted by Crippen LogP contribution is -2.38. The van der Waals surface area contributed by atoms with E-state index in [1.165, 1.54) is 11.1 Å². The molecule has 0 aliphatic carbocycles. The van der Waals surface area contributed by atoms with E-state index >= 15 is 0 Å². The summed E-state index contributed by atoms with van der Waals surface area (Å²) in [7, 11) is -3.58. The molecule has 2 atom stereocenters. The maximum atomic E-state index is 13.2. The van der Waals surface area contributed by atoms with Crippen LogP contribution >= 0.6 is 0 Å². The van der Waals surface area contributed by atoms with Gasteiger partial charge in [-0.2, -0.15) is 0 Å². The molecular formula is C12H15FN2O4S. The Labute approximate surface area is 116 Å². The van der Waals surface area contributed by atoms with E-state index in [0.29, 0.717) is 5.56 Å². The van der Waals surface area contributed by atoms with Gasteiger partial charge < -0.3 is 5.11 Å². The molecule has 2 rings (SSSR count). The van der Waals surface area contributed by atoms with E-state index in [1.54, 1.807) is 6.92 Å². The fourth-order valence-corrected chi connectivity index (χ4v) is 3.02. The molecule has 6 nitrogen and oxygen atoms in total. The summed E-state index contributed by atoms with van der Waals surface area (Å²) in [5.74, 6) is -1.04. The number of aliphatic hydroxyl groups is 1. The summed E-state index contributed by atoms with van der Waals surface area (Å²) in [4.78, 5) is 11.4. The van der Waals surface area contributed by atoms with Gasteiger partial charge in [-0.1, -0.05) is 6.07 Å². The first kappa shape index (κ1) is 15.0. The molecule has 0 amide bonds. The highest BCUT2D eigenvalue weighted by atomic mass is 32.2. The van der Waals surface area contributed by atoms with Crippen molar-refractivity contribution in [2.75, 3.05) is 6.26 Å². The Morgan fingerprint density at radius 2 is 2.10 bits per heavy atom. The van der Waals surface area contributed by atoms with Gasteiger partial charge in [-0.05, 0) is 24.6 Å². The molecule has 1 aliphatic rings. The zero-order chi connectivity index (χ0) is 15.1. The van der Waals surface area contributed by atoms with Gasteiger partial charge in [0, 0.05) is 12.8 Å². The minimum absolute atomic E-state index is 0.0622. The number of halogens is 1. The summed E-state index contributed by atoms with van der Waals surface area (Å²) in [6.45, 7) is 1.65. The molecular weight excluding hydrogens is 287 g/mol. The lowest BCUT2D eigenvalue weighted by Gasteiger charge is -2.20. The SMILES string of the molecule is CC1C(=O)C(O)NN1Cc1ccc(F)cc1S(C)(=O)=O. The lowest BCUT2D eigenvalue weighted by molar-refractivity contribution is -0.125. The summed E-state index contributed by atoms with van der Waals surface area (Å²) in [5.41, 5.74) is 2.90. The molecule has 1 saturated heterocycles. The standard InChI is InChI=1S/C12H15FN2O4S/c1-7-11(16)12(17)14-15(7)6-8-3-4-9(13)5-10(8)20(2,18)19/h3-5,7,12,14,17H,6H2,1-2H3. The number of benzene rings is 1. The quantitative estimate of drug-likeness (QED) is 0.806. The van der Waals surface area contributed by atoms with E-state index < -0.39 is 33.7 Å². The van der Waals surface area contributed by atoms with Gasteiger partial charge in [0.05, 0.1) is 10.9 Å². The molecule has 2 N–H and O–H groups in total. The van der Waals surface area contributed by atoms with Crippen LogP contribution in [0.5, 0.6) is 0 Å². The second kappa shape index (κ2) is 5.21. The maximum absolute atomic E-state index is 13.2. The van der Waals surface area contributed by atoms with Crippen molar-refractivity contribution in [3.8, 4) is 0 Å². The van der Waals surface area contributed by atoms with Crippen LogP contribution in [0.15, 0.2) is 23.1 Å². The zero-order valence-corrected chi connectivity index (χ0v) is 11.8. The fourth-order valence-electron chi connectivity index (χ4n) is 2.08. The number of carbonyl (C=O) groups excluding carboxylic acids is 1. The molecule has 8 heteroatoms. The van der Waals surface area contributed by atoms with E-state index in [-0.39, 0.29) is 11.4 Å². The number of hydrogen-bond donors (Lipinski definition) is 2. The predicted octanol–water partition coefficient (Wildman–Crippen LogP) is -0.175. The van der Waals surface area contributed by atoms with Crippen LogP contribution in [0, 0.1) is 5.82 Å². The largest absolute Gasteiger partial charge is 0.370 e. The van der Waals surface area contributed by atoms with Crippen molar-refractivity contribution in [3.63, 3.8) is 0 Å². The second-order valence-corrected chi connectivity index (χ2v) is 6.75. The number of ketones is 1. The normalized spacial score (nSPS) is 24.3. The van der Waals surface area contributed by atoms with Crippen LogP contribution < -0.4 is 5.43 Å². The third-order valence-corrected chi connectivity index (χ3v) is 4.39. The molecule has 1 aliphatic heterocycles. The van der Waals surface area contributed by atoms with E-state index in [0.717, 1.165) is 18.4 Å². The zero-order valence-electron chi connectivity index (χ0n) is 11.0. The average Bonchev–Trinajstić information content (AvgIpc) is 2.58. The van der Waals surface area contributed by atoms with Crippen molar-refractivity contribution in [1.82, 2.24) is 10.4 Å². The van der Waals surface area contributed by atoms with Crippen molar-refractivity contribution in [2.24, 2.45) is 0 Å². The van der Waals surface area contributed by atoms with Crippen LogP contribution in [0.25, 0.3) is 0 Å². The number of carbonyl (C=O) groups is 1. The van der Waals surface area contributed by atoms with E-state index in [1.807, 2.05) is 0 Å². The lowest BCUT2D eigenvalue weighted by atomic mass is 10.2. The number of Topliss-reactive ketones (excluding diaryl/α,β-unsaturated/α-hetero) is 1. The first-order chi connectivity index (χ1) is 9.20. The van der Waals surface area contributed by atoms with Crippen molar-refractivity contribution >= 4 is 15.6 Å². The Morgan fingerprint density at radius 3 is 2.60 bits per heavy atom. The second-order valence-electron chi connectivity index (χ2n) is 4.76. The number of nitrogens with one attached hydrogen (secondary N) is 1. The van der Waals surface area contributed by atoms with Crippen LogP contribution in [0.2, 0.25) is 0 Å². The predicted molar refractivity (Wildman–Crippen MR) is 68.7 cm³/mol. The van der Waals surface area contributed by atoms with Crippen LogP contribution in [0.1, 0.15) is 12.5 Å². The first-order valence-electron chi connectivity index (χ1n) is 5.93. The number of sulfone groups is 1. The Hall–Kier alpha value is -1.35. The third-order valence-electron chi connectivity index (χ3n) is 3.21. The van der Waals surface area contributed by atoms with Crippen LogP contribution in [0.4, 0.5) is 4.39 Å². The molecule has 0 aromatic heterocycles.